The number of benzene rings is 1. The normalized spacial score (nSPS) is 16.4. The van der Waals surface area contributed by atoms with Crippen LogP contribution in [0, 0.1) is 5.92 Å². The average Bonchev–Trinajstić information content (AvgIpc) is 2.54. The average molecular weight is 302 g/mol. The van der Waals surface area contributed by atoms with Gasteiger partial charge in [-0.25, -0.2) is 0 Å². The maximum Gasteiger partial charge on any atom is 0.264 e. The zero-order valence-electron chi connectivity index (χ0n) is 13.5. The molecule has 22 heavy (non-hydrogen) atoms. The number of carbonyl (C=O) groups excluding carboxylic acids is 1. The fourth-order valence-electron chi connectivity index (χ4n) is 2.62. The van der Waals surface area contributed by atoms with Gasteiger partial charge in [0.25, 0.3) is 5.91 Å². The Morgan fingerprint density at radius 2 is 2.05 bits per heavy atom. The van der Waals surface area contributed by atoms with E-state index in [1.807, 2.05) is 49.1 Å². The van der Waals surface area contributed by atoms with Crippen LogP contribution in [0.15, 0.2) is 36.9 Å². The molecule has 1 heterocycles. The lowest BCUT2D eigenvalue weighted by atomic mass is 10.0. The van der Waals surface area contributed by atoms with Gasteiger partial charge in [-0.05, 0) is 24.0 Å². The lowest BCUT2D eigenvalue weighted by Crippen LogP contribution is -2.52. The predicted molar refractivity (Wildman–Crippen MR) is 89.0 cm³/mol. The van der Waals surface area contributed by atoms with Crippen LogP contribution in [0.5, 0.6) is 5.75 Å². The van der Waals surface area contributed by atoms with Crippen molar-refractivity contribution in [2.75, 3.05) is 26.2 Å². The van der Waals surface area contributed by atoms with Crippen molar-refractivity contribution in [1.82, 2.24) is 10.2 Å². The van der Waals surface area contributed by atoms with Gasteiger partial charge in [-0.1, -0.05) is 38.1 Å². The van der Waals surface area contributed by atoms with Gasteiger partial charge in [0, 0.05) is 26.2 Å². The molecule has 1 aliphatic rings. The number of piperazine rings is 1. The van der Waals surface area contributed by atoms with Crippen LogP contribution in [0.3, 0.4) is 0 Å². The first-order chi connectivity index (χ1) is 10.6. The molecular weight excluding hydrogens is 276 g/mol. The SMILES string of the molecule is C=CCc1ccccc1OC(C(=O)N1CCNCC1)C(C)C. The number of carbonyl (C=O) groups is 1. The van der Waals surface area contributed by atoms with Gasteiger partial charge in [0.1, 0.15) is 5.75 Å². The minimum atomic E-state index is -0.441. The Morgan fingerprint density at radius 3 is 2.68 bits per heavy atom. The van der Waals surface area contributed by atoms with Crippen molar-refractivity contribution in [1.29, 1.82) is 0 Å². The molecule has 0 saturated carbocycles. The lowest BCUT2D eigenvalue weighted by Gasteiger charge is -2.32. The summed E-state index contributed by atoms with van der Waals surface area (Å²) in [4.78, 5) is 14.7. The number of amides is 1. The first kappa shape index (κ1) is 16.6. The summed E-state index contributed by atoms with van der Waals surface area (Å²) in [7, 11) is 0. The molecule has 1 aromatic rings. The molecule has 1 unspecified atom stereocenters. The van der Waals surface area contributed by atoms with Crippen molar-refractivity contribution in [2.45, 2.75) is 26.4 Å². The number of ether oxygens (including phenoxy) is 1. The van der Waals surface area contributed by atoms with E-state index in [0.717, 1.165) is 43.9 Å². The molecule has 1 amide bonds. The molecule has 4 heteroatoms. The van der Waals surface area contributed by atoms with Gasteiger partial charge in [0.05, 0.1) is 0 Å². The Kier molecular flexibility index (Phi) is 6.01. The largest absolute Gasteiger partial charge is 0.480 e. The van der Waals surface area contributed by atoms with Crippen LogP contribution >= 0.6 is 0 Å². The van der Waals surface area contributed by atoms with Crippen molar-refractivity contribution in [3.05, 3.63) is 42.5 Å². The molecule has 0 aromatic heterocycles. The molecule has 1 atom stereocenters. The van der Waals surface area contributed by atoms with Crippen molar-refractivity contribution in [3.63, 3.8) is 0 Å². The lowest BCUT2D eigenvalue weighted by molar-refractivity contribution is -0.141. The fourth-order valence-corrected chi connectivity index (χ4v) is 2.62. The zero-order chi connectivity index (χ0) is 15.9. The molecule has 1 aliphatic heterocycles. The van der Waals surface area contributed by atoms with Crippen LogP contribution in [-0.2, 0) is 11.2 Å². The van der Waals surface area contributed by atoms with Crippen molar-refractivity contribution < 1.29 is 9.53 Å². The molecule has 1 fully saturated rings. The number of nitrogens with zero attached hydrogens (tertiary/aromatic N) is 1. The monoisotopic (exact) mass is 302 g/mol. The van der Waals surface area contributed by atoms with E-state index in [-0.39, 0.29) is 11.8 Å². The molecule has 120 valence electrons. The van der Waals surface area contributed by atoms with E-state index in [1.54, 1.807) is 0 Å². The van der Waals surface area contributed by atoms with E-state index in [4.69, 9.17) is 4.74 Å². The smallest absolute Gasteiger partial charge is 0.264 e. The van der Waals surface area contributed by atoms with Gasteiger partial charge in [0.2, 0.25) is 0 Å². The highest BCUT2D eigenvalue weighted by Crippen LogP contribution is 2.23. The molecule has 0 radical (unpaired) electrons. The van der Waals surface area contributed by atoms with E-state index >= 15 is 0 Å². The third kappa shape index (κ3) is 4.10. The first-order valence-corrected chi connectivity index (χ1v) is 7.98. The maximum atomic E-state index is 12.8. The van der Waals surface area contributed by atoms with Crippen LogP contribution in [0.2, 0.25) is 0 Å². The van der Waals surface area contributed by atoms with Gasteiger partial charge < -0.3 is 15.0 Å². The van der Waals surface area contributed by atoms with E-state index in [1.165, 1.54) is 0 Å². The third-order valence-corrected chi connectivity index (χ3v) is 3.87. The van der Waals surface area contributed by atoms with Crippen LogP contribution in [0.4, 0.5) is 0 Å². The first-order valence-electron chi connectivity index (χ1n) is 7.98. The second kappa shape index (κ2) is 7.99. The van der Waals surface area contributed by atoms with Crippen molar-refractivity contribution >= 4 is 5.91 Å². The Labute approximate surface area is 133 Å². The second-order valence-corrected chi connectivity index (χ2v) is 5.96. The van der Waals surface area contributed by atoms with Crippen LogP contribution < -0.4 is 10.1 Å². The van der Waals surface area contributed by atoms with Gasteiger partial charge in [-0.3, -0.25) is 4.79 Å². The summed E-state index contributed by atoms with van der Waals surface area (Å²) >= 11 is 0. The molecule has 4 nitrogen and oxygen atoms in total. The number of rotatable bonds is 6. The number of nitrogens with one attached hydrogen (secondary N) is 1. The molecular formula is C18H26N2O2. The van der Waals surface area contributed by atoms with E-state index in [2.05, 4.69) is 11.9 Å². The highest BCUT2D eigenvalue weighted by molar-refractivity contribution is 5.81. The molecule has 2 rings (SSSR count). The Morgan fingerprint density at radius 1 is 1.36 bits per heavy atom. The summed E-state index contributed by atoms with van der Waals surface area (Å²) in [5, 5.41) is 3.27. The maximum absolute atomic E-state index is 12.8. The number of allylic oxidation sites excluding steroid dienone is 1. The number of hydrogen-bond acceptors (Lipinski definition) is 3. The van der Waals surface area contributed by atoms with Gasteiger partial charge in [0.15, 0.2) is 6.10 Å². The van der Waals surface area contributed by atoms with E-state index < -0.39 is 6.10 Å². The predicted octanol–water partition coefficient (Wildman–Crippen LogP) is 2.25. The molecule has 1 N–H and O–H groups in total. The Bertz CT molecular complexity index is 508. The standard InChI is InChI=1S/C18H26N2O2/c1-4-7-15-8-5-6-9-16(15)22-17(14(2)3)18(21)20-12-10-19-11-13-20/h4-6,8-9,14,17,19H,1,7,10-13H2,2-3H3. The van der Waals surface area contributed by atoms with Crippen LogP contribution in [0.25, 0.3) is 0 Å². The van der Waals surface area contributed by atoms with Crippen molar-refractivity contribution in [3.8, 4) is 5.75 Å². The third-order valence-electron chi connectivity index (χ3n) is 3.87. The summed E-state index contributed by atoms with van der Waals surface area (Å²) in [6, 6.07) is 7.87. The van der Waals surface area contributed by atoms with Gasteiger partial charge in [-0.15, -0.1) is 6.58 Å². The van der Waals surface area contributed by atoms with Crippen LogP contribution in [0.1, 0.15) is 19.4 Å². The van der Waals surface area contributed by atoms with Gasteiger partial charge >= 0.3 is 0 Å². The highest BCUT2D eigenvalue weighted by atomic mass is 16.5. The Hall–Kier alpha value is -1.81. The summed E-state index contributed by atoms with van der Waals surface area (Å²) in [6.45, 7) is 11.0. The topological polar surface area (TPSA) is 41.6 Å². The number of hydrogen-bond donors (Lipinski definition) is 1. The van der Waals surface area contributed by atoms with E-state index in [0.29, 0.717) is 0 Å². The molecule has 0 aliphatic carbocycles. The molecule has 0 spiro atoms. The second-order valence-electron chi connectivity index (χ2n) is 5.96. The van der Waals surface area contributed by atoms with E-state index in [9.17, 15) is 4.79 Å². The minimum absolute atomic E-state index is 0.0879. The number of para-hydroxylation sites is 1. The summed E-state index contributed by atoms with van der Waals surface area (Å²) in [6.07, 6.45) is 2.15. The quantitative estimate of drug-likeness (QED) is 0.820. The van der Waals surface area contributed by atoms with Crippen molar-refractivity contribution in [2.24, 2.45) is 5.92 Å². The highest BCUT2D eigenvalue weighted by Gasteiger charge is 2.30. The van der Waals surface area contributed by atoms with Gasteiger partial charge in [-0.2, -0.15) is 0 Å². The molecule has 1 saturated heterocycles. The fraction of sp³-hybridized carbons (Fsp3) is 0.500. The summed E-state index contributed by atoms with van der Waals surface area (Å²) in [5.74, 6) is 0.994. The minimum Gasteiger partial charge on any atom is -0.480 e. The van der Waals surface area contributed by atoms with Crippen LogP contribution in [-0.4, -0.2) is 43.1 Å². The Balaban J connectivity index is 2.14. The summed E-state index contributed by atoms with van der Waals surface area (Å²) in [5.41, 5.74) is 1.07. The molecule has 1 aromatic carbocycles. The zero-order valence-corrected chi connectivity index (χ0v) is 13.5. The molecule has 0 bridgehead atoms. The summed E-state index contributed by atoms with van der Waals surface area (Å²) < 4.78 is 6.12.